The number of fused-ring (bicyclic) bond motifs is 1. The first-order valence-electron chi connectivity index (χ1n) is 8.93. The lowest BCUT2D eigenvalue weighted by Gasteiger charge is -2.16. The van der Waals surface area contributed by atoms with Crippen molar-refractivity contribution in [3.63, 3.8) is 0 Å². The van der Waals surface area contributed by atoms with Gasteiger partial charge in [-0.3, -0.25) is 4.79 Å². The molecule has 1 aliphatic carbocycles. The molecule has 2 aromatic carbocycles. The standard InChI is InChI=1S/C21H22N2O2/c24-21(22-19-13-11-16-8-4-5-9-18(16)19)20-14-17(23-25-20)12-10-15-6-2-1-3-7-15/h1-9,19-20H,10-14H2,(H,22,24). The maximum Gasteiger partial charge on any atom is 0.264 e. The molecule has 2 aromatic rings. The van der Waals surface area contributed by atoms with Crippen LogP contribution in [0.5, 0.6) is 0 Å². The number of hydrogen-bond donors (Lipinski definition) is 1. The Morgan fingerprint density at radius 1 is 1.08 bits per heavy atom. The summed E-state index contributed by atoms with van der Waals surface area (Å²) in [6.45, 7) is 0. The number of nitrogens with zero attached hydrogens (tertiary/aromatic N) is 1. The Morgan fingerprint density at radius 2 is 1.88 bits per heavy atom. The number of aryl methyl sites for hydroxylation is 2. The van der Waals surface area contributed by atoms with E-state index >= 15 is 0 Å². The highest BCUT2D eigenvalue weighted by molar-refractivity contribution is 5.93. The fourth-order valence-corrected chi connectivity index (χ4v) is 3.62. The second-order valence-electron chi connectivity index (χ2n) is 6.74. The van der Waals surface area contributed by atoms with Crippen LogP contribution in [0, 0.1) is 0 Å². The maximum atomic E-state index is 12.5. The average Bonchev–Trinajstić information content (AvgIpc) is 3.29. The summed E-state index contributed by atoms with van der Waals surface area (Å²) in [5.74, 6) is -0.0554. The highest BCUT2D eigenvalue weighted by Gasteiger charge is 2.31. The summed E-state index contributed by atoms with van der Waals surface area (Å²) in [5.41, 5.74) is 4.82. The summed E-state index contributed by atoms with van der Waals surface area (Å²) >= 11 is 0. The SMILES string of the molecule is O=C(NC1CCc2ccccc21)C1CC(CCc2ccccc2)=NO1. The molecule has 1 N–H and O–H groups in total. The Morgan fingerprint density at radius 3 is 2.76 bits per heavy atom. The van der Waals surface area contributed by atoms with Gasteiger partial charge >= 0.3 is 0 Å². The Bertz CT molecular complexity index is 785. The van der Waals surface area contributed by atoms with E-state index in [1.165, 1.54) is 16.7 Å². The Hall–Kier alpha value is -2.62. The van der Waals surface area contributed by atoms with E-state index in [1.807, 2.05) is 24.3 Å². The molecule has 1 amide bonds. The molecule has 0 radical (unpaired) electrons. The largest absolute Gasteiger partial charge is 0.382 e. The summed E-state index contributed by atoms with van der Waals surface area (Å²) in [7, 11) is 0. The van der Waals surface area contributed by atoms with Crippen LogP contribution >= 0.6 is 0 Å². The molecule has 1 aliphatic heterocycles. The van der Waals surface area contributed by atoms with E-state index in [2.05, 4.69) is 40.8 Å². The second-order valence-corrected chi connectivity index (χ2v) is 6.74. The van der Waals surface area contributed by atoms with Crippen molar-refractivity contribution >= 4 is 11.6 Å². The number of amides is 1. The minimum Gasteiger partial charge on any atom is -0.382 e. The van der Waals surface area contributed by atoms with Crippen molar-refractivity contribution in [2.24, 2.45) is 5.16 Å². The van der Waals surface area contributed by atoms with Crippen LogP contribution in [-0.4, -0.2) is 17.7 Å². The fraction of sp³-hybridized carbons (Fsp3) is 0.333. The molecule has 0 saturated carbocycles. The molecule has 4 rings (SSSR count). The predicted molar refractivity (Wildman–Crippen MR) is 97.3 cm³/mol. The third kappa shape index (κ3) is 3.58. The quantitative estimate of drug-likeness (QED) is 0.909. The molecule has 4 nitrogen and oxygen atoms in total. The second kappa shape index (κ2) is 7.09. The van der Waals surface area contributed by atoms with Gasteiger partial charge in [0.15, 0.2) is 0 Å². The van der Waals surface area contributed by atoms with Gasteiger partial charge in [0.1, 0.15) is 0 Å². The zero-order valence-corrected chi connectivity index (χ0v) is 14.2. The molecular weight excluding hydrogens is 312 g/mol. The molecule has 2 unspecified atom stereocenters. The van der Waals surface area contributed by atoms with E-state index in [9.17, 15) is 4.79 Å². The van der Waals surface area contributed by atoms with Gasteiger partial charge in [-0.05, 0) is 42.4 Å². The van der Waals surface area contributed by atoms with Gasteiger partial charge in [-0.15, -0.1) is 0 Å². The van der Waals surface area contributed by atoms with E-state index in [0.29, 0.717) is 6.42 Å². The van der Waals surface area contributed by atoms with Gasteiger partial charge in [0.25, 0.3) is 5.91 Å². The van der Waals surface area contributed by atoms with Crippen molar-refractivity contribution in [3.05, 3.63) is 71.3 Å². The molecule has 0 bridgehead atoms. The number of hydrogen-bond acceptors (Lipinski definition) is 3. The molecule has 4 heteroatoms. The minimum atomic E-state index is -0.487. The lowest BCUT2D eigenvalue weighted by molar-refractivity contribution is -0.131. The number of oxime groups is 1. The maximum absolute atomic E-state index is 12.5. The number of nitrogens with one attached hydrogen (secondary N) is 1. The topological polar surface area (TPSA) is 50.7 Å². The van der Waals surface area contributed by atoms with Crippen LogP contribution in [0.25, 0.3) is 0 Å². The van der Waals surface area contributed by atoms with E-state index in [1.54, 1.807) is 0 Å². The number of rotatable bonds is 5. The Labute approximate surface area is 147 Å². The van der Waals surface area contributed by atoms with Crippen LogP contribution in [0.2, 0.25) is 0 Å². The van der Waals surface area contributed by atoms with Gasteiger partial charge in [-0.2, -0.15) is 0 Å². The average molecular weight is 334 g/mol. The first-order chi connectivity index (χ1) is 12.3. The normalized spacial score (nSPS) is 21.4. The van der Waals surface area contributed by atoms with Crippen LogP contribution in [0.4, 0.5) is 0 Å². The molecule has 25 heavy (non-hydrogen) atoms. The molecule has 0 aromatic heterocycles. The van der Waals surface area contributed by atoms with Crippen LogP contribution in [0.1, 0.15) is 42.0 Å². The monoisotopic (exact) mass is 334 g/mol. The smallest absolute Gasteiger partial charge is 0.264 e. The van der Waals surface area contributed by atoms with E-state index < -0.39 is 6.10 Å². The molecule has 2 aliphatic rings. The van der Waals surface area contributed by atoms with Crippen molar-refractivity contribution in [2.75, 3.05) is 0 Å². The zero-order valence-electron chi connectivity index (χ0n) is 14.2. The van der Waals surface area contributed by atoms with Crippen molar-refractivity contribution in [1.29, 1.82) is 0 Å². The summed E-state index contributed by atoms with van der Waals surface area (Å²) < 4.78 is 0. The first-order valence-corrected chi connectivity index (χ1v) is 8.93. The van der Waals surface area contributed by atoms with Crippen molar-refractivity contribution < 1.29 is 9.63 Å². The van der Waals surface area contributed by atoms with Crippen LogP contribution in [-0.2, 0) is 22.5 Å². The summed E-state index contributed by atoms with van der Waals surface area (Å²) in [4.78, 5) is 17.9. The van der Waals surface area contributed by atoms with Crippen LogP contribution < -0.4 is 5.32 Å². The Balaban J connectivity index is 1.29. The van der Waals surface area contributed by atoms with Crippen molar-refractivity contribution in [1.82, 2.24) is 5.32 Å². The highest BCUT2D eigenvalue weighted by Crippen LogP contribution is 2.31. The van der Waals surface area contributed by atoms with Gasteiger partial charge in [-0.25, -0.2) is 0 Å². The Kier molecular flexibility index (Phi) is 4.51. The van der Waals surface area contributed by atoms with Crippen molar-refractivity contribution in [3.8, 4) is 0 Å². The molecule has 1 heterocycles. The first kappa shape index (κ1) is 15.9. The van der Waals surface area contributed by atoms with E-state index in [4.69, 9.17) is 4.84 Å². The lowest BCUT2D eigenvalue weighted by Crippen LogP contribution is -2.36. The molecule has 0 saturated heterocycles. The van der Waals surface area contributed by atoms with Crippen LogP contribution in [0.15, 0.2) is 59.8 Å². The molecule has 2 atom stereocenters. The van der Waals surface area contributed by atoms with Gasteiger partial charge in [-0.1, -0.05) is 59.8 Å². The summed E-state index contributed by atoms with van der Waals surface area (Å²) in [5, 5.41) is 7.26. The predicted octanol–water partition coefficient (Wildman–Crippen LogP) is 3.57. The summed E-state index contributed by atoms with van der Waals surface area (Å²) in [6.07, 6.45) is 3.84. The van der Waals surface area contributed by atoms with E-state index in [0.717, 1.165) is 31.4 Å². The molecule has 0 fully saturated rings. The molecule has 0 spiro atoms. The summed E-state index contributed by atoms with van der Waals surface area (Å²) in [6, 6.07) is 18.7. The van der Waals surface area contributed by atoms with E-state index in [-0.39, 0.29) is 11.9 Å². The number of carbonyl (C=O) groups excluding carboxylic acids is 1. The minimum absolute atomic E-state index is 0.0554. The lowest BCUT2D eigenvalue weighted by atomic mass is 10.0. The fourth-order valence-electron chi connectivity index (χ4n) is 3.62. The van der Waals surface area contributed by atoms with Gasteiger partial charge in [0.05, 0.1) is 11.8 Å². The molecule has 128 valence electrons. The van der Waals surface area contributed by atoms with Crippen molar-refractivity contribution in [2.45, 2.75) is 44.2 Å². The zero-order chi connectivity index (χ0) is 17.1. The highest BCUT2D eigenvalue weighted by atomic mass is 16.6. The number of benzene rings is 2. The third-order valence-corrected chi connectivity index (χ3v) is 5.02. The molecular formula is C21H22N2O2. The van der Waals surface area contributed by atoms with Gasteiger partial charge in [0, 0.05) is 6.42 Å². The van der Waals surface area contributed by atoms with Gasteiger partial charge in [0.2, 0.25) is 6.10 Å². The van der Waals surface area contributed by atoms with Crippen LogP contribution in [0.3, 0.4) is 0 Å². The number of carbonyl (C=O) groups is 1. The third-order valence-electron chi connectivity index (χ3n) is 5.02. The van der Waals surface area contributed by atoms with Gasteiger partial charge < -0.3 is 10.2 Å².